The predicted molar refractivity (Wildman–Crippen MR) is 101 cm³/mol. The van der Waals surface area contributed by atoms with E-state index in [9.17, 15) is 0 Å². The molecule has 2 aromatic heterocycles. The molecule has 3 rings (SSSR count). The lowest BCUT2D eigenvalue weighted by atomic mass is 10.2. The first-order chi connectivity index (χ1) is 11.7. The standard InChI is InChI=1S/C15H18BrN7S/c1-3-17-12-19-13(18-4-2)23-14(20-12)21-22-15(23)24-9-10-5-7-11(16)8-6-10/h5-8H,3-4,9H2,1-2H3,(H2,17,18,19,20,21). The van der Waals surface area contributed by atoms with Crippen molar-refractivity contribution in [3.05, 3.63) is 34.3 Å². The number of nitrogens with one attached hydrogen (secondary N) is 2. The zero-order valence-corrected chi connectivity index (χ0v) is 15.9. The van der Waals surface area contributed by atoms with Crippen LogP contribution in [0.2, 0.25) is 0 Å². The van der Waals surface area contributed by atoms with Crippen LogP contribution in [0.3, 0.4) is 0 Å². The summed E-state index contributed by atoms with van der Waals surface area (Å²) in [5.74, 6) is 2.59. The fourth-order valence-corrected chi connectivity index (χ4v) is 3.27. The number of anilines is 2. The minimum absolute atomic E-state index is 0.537. The van der Waals surface area contributed by atoms with Crippen LogP contribution >= 0.6 is 27.7 Å². The van der Waals surface area contributed by atoms with Crippen LogP contribution in [-0.4, -0.2) is 37.7 Å². The van der Waals surface area contributed by atoms with Crippen molar-refractivity contribution in [3.63, 3.8) is 0 Å². The molecule has 0 aliphatic carbocycles. The molecule has 0 aliphatic rings. The second kappa shape index (κ2) is 7.80. The second-order valence-electron chi connectivity index (χ2n) is 4.96. The van der Waals surface area contributed by atoms with E-state index in [1.807, 2.05) is 30.4 Å². The predicted octanol–water partition coefficient (Wildman–Crippen LogP) is 3.44. The first-order valence-corrected chi connectivity index (χ1v) is 9.47. The van der Waals surface area contributed by atoms with Crippen molar-refractivity contribution < 1.29 is 0 Å². The van der Waals surface area contributed by atoms with Crippen LogP contribution in [-0.2, 0) is 5.75 Å². The number of hydrogen-bond donors (Lipinski definition) is 2. The smallest absolute Gasteiger partial charge is 0.261 e. The number of benzene rings is 1. The van der Waals surface area contributed by atoms with Crippen molar-refractivity contribution in [2.24, 2.45) is 0 Å². The average molecular weight is 408 g/mol. The Hall–Kier alpha value is -1.87. The maximum Gasteiger partial charge on any atom is 0.261 e. The molecule has 9 heteroatoms. The average Bonchev–Trinajstić information content (AvgIpc) is 2.98. The molecule has 0 bridgehead atoms. The topological polar surface area (TPSA) is 80.0 Å². The second-order valence-corrected chi connectivity index (χ2v) is 6.82. The third-order valence-corrected chi connectivity index (χ3v) is 4.73. The van der Waals surface area contributed by atoms with E-state index in [2.05, 4.69) is 58.9 Å². The van der Waals surface area contributed by atoms with Gasteiger partial charge in [0.05, 0.1) is 0 Å². The van der Waals surface area contributed by atoms with E-state index in [0.717, 1.165) is 28.5 Å². The Balaban J connectivity index is 1.88. The Kier molecular flexibility index (Phi) is 5.52. The summed E-state index contributed by atoms with van der Waals surface area (Å²) >= 11 is 5.06. The highest BCUT2D eigenvalue weighted by molar-refractivity contribution is 9.10. The van der Waals surface area contributed by atoms with Gasteiger partial charge in [-0.15, -0.1) is 10.2 Å². The van der Waals surface area contributed by atoms with Crippen molar-refractivity contribution in [1.82, 2.24) is 24.6 Å². The lowest BCUT2D eigenvalue weighted by molar-refractivity contribution is 0.887. The molecule has 126 valence electrons. The highest BCUT2D eigenvalue weighted by Crippen LogP contribution is 2.25. The van der Waals surface area contributed by atoms with Crippen LogP contribution in [0.4, 0.5) is 11.9 Å². The molecule has 0 saturated carbocycles. The summed E-state index contributed by atoms with van der Waals surface area (Å²) in [5, 5.41) is 15.6. The summed E-state index contributed by atoms with van der Waals surface area (Å²) in [7, 11) is 0. The summed E-state index contributed by atoms with van der Waals surface area (Å²) < 4.78 is 2.93. The van der Waals surface area contributed by atoms with Gasteiger partial charge < -0.3 is 10.6 Å². The molecule has 0 fully saturated rings. The number of fused-ring (bicyclic) bond motifs is 1. The van der Waals surface area contributed by atoms with Crippen LogP contribution in [0, 0.1) is 0 Å². The Labute approximate surface area is 152 Å². The van der Waals surface area contributed by atoms with E-state index in [1.165, 1.54) is 5.56 Å². The van der Waals surface area contributed by atoms with Gasteiger partial charge in [-0.3, -0.25) is 0 Å². The molecule has 2 N–H and O–H groups in total. The largest absolute Gasteiger partial charge is 0.355 e. The Morgan fingerprint density at radius 2 is 1.79 bits per heavy atom. The summed E-state index contributed by atoms with van der Waals surface area (Å²) in [6, 6.07) is 8.25. The number of thioether (sulfide) groups is 1. The summed E-state index contributed by atoms with van der Waals surface area (Å²) in [4.78, 5) is 8.91. The summed E-state index contributed by atoms with van der Waals surface area (Å²) in [6.07, 6.45) is 0. The molecule has 0 saturated heterocycles. The summed E-state index contributed by atoms with van der Waals surface area (Å²) in [6.45, 7) is 5.54. The van der Waals surface area contributed by atoms with Crippen LogP contribution in [0.15, 0.2) is 33.9 Å². The van der Waals surface area contributed by atoms with Crippen molar-refractivity contribution in [3.8, 4) is 0 Å². The molecule has 7 nitrogen and oxygen atoms in total. The van der Waals surface area contributed by atoms with Gasteiger partial charge in [-0.05, 0) is 31.5 Å². The first-order valence-electron chi connectivity index (χ1n) is 7.69. The lowest BCUT2D eigenvalue weighted by Gasteiger charge is -2.09. The van der Waals surface area contributed by atoms with Gasteiger partial charge in [0.25, 0.3) is 5.78 Å². The van der Waals surface area contributed by atoms with E-state index >= 15 is 0 Å². The molecule has 0 atom stereocenters. The maximum atomic E-state index is 4.51. The molecular formula is C15H18BrN7S. The lowest BCUT2D eigenvalue weighted by Crippen LogP contribution is -2.11. The molecule has 1 aromatic carbocycles. The zero-order valence-electron chi connectivity index (χ0n) is 13.5. The fourth-order valence-electron chi connectivity index (χ4n) is 2.13. The Morgan fingerprint density at radius 1 is 1.04 bits per heavy atom. The first kappa shape index (κ1) is 17.0. The van der Waals surface area contributed by atoms with Crippen molar-refractivity contribution in [2.75, 3.05) is 23.7 Å². The number of rotatable bonds is 7. The molecule has 0 aliphatic heterocycles. The molecule has 0 amide bonds. The number of hydrogen-bond acceptors (Lipinski definition) is 7. The Bertz CT molecular complexity index is 819. The van der Waals surface area contributed by atoms with Crippen molar-refractivity contribution in [2.45, 2.75) is 24.8 Å². The third kappa shape index (κ3) is 3.78. The fraction of sp³-hybridized carbons (Fsp3) is 0.333. The number of aromatic nitrogens is 5. The monoisotopic (exact) mass is 407 g/mol. The maximum absolute atomic E-state index is 4.51. The molecular weight excluding hydrogens is 390 g/mol. The minimum atomic E-state index is 0.537. The van der Waals surface area contributed by atoms with Gasteiger partial charge >= 0.3 is 0 Å². The van der Waals surface area contributed by atoms with Gasteiger partial charge in [-0.25, -0.2) is 4.40 Å². The quantitative estimate of drug-likeness (QED) is 0.580. The minimum Gasteiger partial charge on any atom is -0.355 e. The van der Waals surface area contributed by atoms with Crippen molar-refractivity contribution in [1.29, 1.82) is 0 Å². The van der Waals surface area contributed by atoms with Crippen LogP contribution < -0.4 is 10.6 Å². The molecule has 0 radical (unpaired) electrons. The van der Waals surface area contributed by atoms with Gasteiger partial charge in [-0.1, -0.05) is 39.8 Å². The SMILES string of the molecule is CCNc1nc(NCC)n2c(SCc3ccc(Br)cc3)nnc2n1. The molecule has 0 spiro atoms. The number of nitrogens with zero attached hydrogens (tertiary/aromatic N) is 5. The van der Waals surface area contributed by atoms with Crippen LogP contribution in [0.1, 0.15) is 19.4 Å². The van der Waals surface area contributed by atoms with E-state index < -0.39 is 0 Å². The highest BCUT2D eigenvalue weighted by Gasteiger charge is 2.14. The zero-order chi connectivity index (χ0) is 16.9. The van der Waals surface area contributed by atoms with Crippen LogP contribution in [0.5, 0.6) is 0 Å². The van der Waals surface area contributed by atoms with E-state index in [0.29, 0.717) is 17.7 Å². The normalized spacial score (nSPS) is 11.0. The summed E-state index contributed by atoms with van der Waals surface area (Å²) in [5.41, 5.74) is 1.22. The molecule has 24 heavy (non-hydrogen) atoms. The third-order valence-electron chi connectivity index (χ3n) is 3.20. The van der Waals surface area contributed by atoms with Gasteiger partial charge in [0.15, 0.2) is 5.16 Å². The Morgan fingerprint density at radius 3 is 2.50 bits per heavy atom. The van der Waals surface area contributed by atoms with Gasteiger partial charge in [-0.2, -0.15) is 9.97 Å². The van der Waals surface area contributed by atoms with Gasteiger partial charge in [0.2, 0.25) is 11.9 Å². The number of halogens is 1. The van der Waals surface area contributed by atoms with E-state index in [-0.39, 0.29) is 0 Å². The molecule has 0 unspecified atom stereocenters. The molecule has 2 heterocycles. The highest BCUT2D eigenvalue weighted by atomic mass is 79.9. The van der Waals surface area contributed by atoms with Crippen molar-refractivity contribution >= 4 is 45.4 Å². The van der Waals surface area contributed by atoms with E-state index in [1.54, 1.807) is 11.8 Å². The van der Waals surface area contributed by atoms with Gasteiger partial charge in [0.1, 0.15) is 0 Å². The van der Waals surface area contributed by atoms with Crippen LogP contribution in [0.25, 0.3) is 5.78 Å². The molecule has 3 aromatic rings. The van der Waals surface area contributed by atoms with E-state index in [4.69, 9.17) is 0 Å². The van der Waals surface area contributed by atoms with Gasteiger partial charge in [0, 0.05) is 23.3 Å².